The molecule has 0 saturated heterocycles. The molecule has 1 aliphatic carbocycles. The molecule has 94 valence electrons. The number of thioether (sulfide) groups is 1. The Balaban J connectivity index is 1.70. The van der Waals surface area contributed by atoms with Crippen molar-refractivity contribution in [3.05, 3.63) is 24.3 Å². The van der Waals surface area contributed by atoms with E-state index in [2.05, 4.69) is 24.6 Å². The van der Waals surface area contributed by atoms with E-state index in [9.17, 15) is 0 Å². The smallest absolute Gasteiger partial charge is 0.132 e. The highest BCUT2D eigenvalue weighted by Gasteiger charge is 2.27. The molecule has 1 N–H and O–H groups in total. The topological polar surface area (TPSA) is 21.3 Å². The van der Waals surface area contributed by atoms with E-state index < -0.39 is 0 Å². The minimum absolute atomic E-state index is 0.648. The van der Waals surface area contributed by atoms with Crippen molar-refractivity contribution < 1.29 is 4.74 Å². The third-order valence-electron chi connectivity index (χ3n) is 3.22. The van der Waals surface area contributed by atoms with Crippen LogP contribution < -0.4 is 10.1 Å². The molecule has 3 heteroatoms. The second-order valence-corrected chi connectivity index (χ2v) is 5.43. The van der Waals surface area contributed by atoms with Crippen LogP contribution in [0, 0.1) is 5.92 Å². The monoisotopic (exact) mass is 251 g/mol. The lowest BCUT2D eigenvalue weighted by atomic mass is 10.2. The molecule has 1 aromatic carbocycles. The van der Waals surface area contributed by atoms with Gasteiger partial charge in [-0.2, -0.15) is 0 Å². The molecule has 0 amide bonds. The molecule has 0 spiro atoms. The summed E-state index contributed by atoms with van der Waals surface area (Å²) >= 11 is 1.73. The van der Waals surface area contributed by atoms with Crippen molar-refractivity contribution in [2.24, 2.45) is 5.92 Å². The normalized spacial score (nSPS) is 16.8. The van der Waals surface area contributed by atoms with Crippen LogP contribution in [0.1, 0.15) is 19.8 Å². The molecule has 0 radical (unpaired) electrons. The van der Waals surface area contributed by atoms with Gasteiger partial charge in [-0.3, -0.25) is 0 Å². The Morgan fingerprint density at radius 1 is 1.41 bits per heavy atom. The van der Waals surface area contributed by atoms with Crippen LogP contribution in [-0.4, -0.2) is 25.4 Å². The Labute approximate surface area is 108 Å². The van der Waals surface area contributed by atoms with Crippen LogP contribution in [-0.2, 0) is 0 Å². The number of nitrogens with one attached hydrogen (secondary N) is 1. The molecular formula is C14H21NOS. The first kappa shape index (κ1) is 12.8. The van der Waals surface area contributed by atoms with E-state index in [1.807, 2.05) is 18.2 Å². The van der Waals surface area contributed by atoms with Gasteiger partial charge >= 0.3 is 0 Å². The number of hydrogen-bond donors (Lipinski definition) is 1. The van der Waals surface area contributed by atoms with Gasteiger partial charge in [0, 0.05) is 17.5 Å². The molecule has 1 unspecified atom stereocenters. The highest BCUT2D eigenvalue weighted by molar-refractivity contribution is 7.98. The minimum Gasteiger partial charge on any atom is -0.491 e. The Bertz CT molecular complexity index is 352. The molecule has 2 rings (SSSR count). The summed E-state index contributed by atoms with van der Waals surface area (Å²) in [6.07, 6.45) is 4.87. The maximum atomic E-state index is 5.80. The maximum absolute atomic E-state index is 5.80. The van der Waals surface area contributed by atoms with E-state index in [0.717, 1.165) is 24.8 Å². The Hall–Kier alpha value is -0.670. The first-order valence-corrected chi connectivity index (χ1v) is 7.53. The Morgan fingerprint density at radius 3 is 2.88 bits per heavy atom. The molecule has 17 heavy (non-hydrogen) atoms. The van der Waals surface area contributed by atoms with Crippen LogP contribution in [0.15, 0.2) is 29.2 Å². The van der Waals surface area contributed by atoms with Crippen molar-refractivity contribution in [1.29, 1.82) is 0 Å². The van der Waals surface area contributed by atoms with E-state index in [1.165, 1.54) is 17.7 Å². The maximum Gasteiger partial charge on any atom is 0.132 e. The summed E-state index contributed by atoms with van der Waals surface area (Å²) in [5.74, 6) is 1.91. The van der Waals surface area contributed by atoms with Gasteiger partial charge in [-0.1, -0.05) is 12.1 Å². The summed E-state index contributed by atoms with van der Waals surface area (Å²) in [6, 6.07) is 8.85. The fourth-order valence-corrected chi connectivity index (χ4v) is 2.49. The standard InChI is InChI=1S/C14H21NOS/c1-11(12-7-8-12)15-9-10-16-13-5-3-4-6-14(13)17-2/h3-6,11-12,15H,7-10H2,1-2H3. The minimum atomic E-state index is 0.648. The summed E-state index contributed by atoms with van der Waals surface area (Å²) in [6.45, 7) is 3.95. The van der Waals surface area contributed by atoms with Crippen LogP contribution in [0.25, 0.3) is 0 Å². The predicted octanol–water partition coefficient (Wildman–Crippen LogP) is 3.18. The van der Waals surface area contributed by atoms with Crippen molar-refractivity contribution in [3.63, 3.8) is 0 Å². The predicted molar refractivity (Wildman–Crippen MR) is 73.9 cm³/mol. The molecule has 1 saturated carbocycles. The first-order chi connectivity index (χ1) is 8.31. The largest absolute Gasteiger partial charge is 0.491 e. The number of ether oxygens (including phenoxy) is 1. The van der Waals surface area contributed by atoms with Crippen molar-refractivity contribution in [2.45, 2.75) is 30.7 Å². The number of para-hydroxylation sites is 1. The lowest BCUT2D eigenvalue weighted by Crippen LogP contribution is -2.31. The molecule has 1 aromatic rings. The average molecular weight is 251 g/mol. The summed E-state index contributed by atoms with van der Waals surface area (Å²) in [7, 11) is 0. The van der Waals surface area contributed by atoms with Gasteiger partial charge < -0.3 is 10.1 Å². The van der Waals surface area contributed by atoms with Gasteiger partial charge in [0.15, 0.2) is 0 Å². The molecule has 0 bridgehead atoms. The van der Waals surface area contributed by atoms with E-state index >= 15 is 0 Å². The van der Waals surface area contributed by atoms with E-state index in [-0.39, 0.29) is 0 Å². The molecule has 1 atom stereocenters. The van der Waals surface area contributed by atoms with Crippen LogP contribution >= 0.6 is 11.8 Å². The highest BCUT2D eigenvalue weighted by atomic mass is 32.2. The van der Waals surface area contributed by atoms with Crippen LogP contribution in [0.5, 0.6) is 5.75 Å². The van der Waals surface area contributed by atoms with Gasteiger partial charge in [0.05, 0.1) is 0 Å². The summed E-state index contributed by atoms with van der Waals surface area (Å²) in [4.78, 5) is 1.21. The van der Waals surface area contributed by atoms with Gasteiger partial charge in [-0.05, 0) is 44.1 Å². The molecular weight excluding hydrogens is 230 g/mol. The van der Waals surface area contributed by atoms with Gasteiger partial charge in [-0.15, -0.1) is 11.8 Å². The van der Waals surface area contributed by atoms with Crippen LogP contribution in [0.2, 0.25) is 0 Å². The lowest BCUT2D eigenvalue weighted by Gasteiger charge is -2.14. The van der Waals surface area contributed by atoms with Crippen LogP contribution in [0.4, 0.5) is 0 Å². The van der Waals surface area contributed by atoms with Crippen molar-refractivity contribution >= 4 is 11.8 Å². The van der Waals surface area contributed by atoms with Crippen molar-refractivity contribution in [3.8, 4) is 5.75 Å². The van der Waals surface area contributed by atoms with Crippen LogP contribution in [0.3, 0.4) is 0 Å². The van der Waals surface area contributed by atoms with E-state index in [1.54, 1.807) is 11.8 Å². The summed E-state index contributed by atoms with van der Waals surface area (Å²) in [5.41, 5.74) is 0. The molecule has 2 nitrogen and oxygen atoms in total. The third kappa shape index (κ3) is 3.93. The highest BCUT2D eigenvalue weighted by Crippen LogP contribution is 2.32. The lowest BCUT2D eigenvalue weighted by molar-refractivity contribution is 0.297. The van der Waals surface area contributed by atoms with Crippen molar-refractivity contribution in [2.75, 3.05) is 19.4 Å². The SMILES string of the molecule is CSc1ccccc1OCCNC(C)C1CC1. The van der Waals surface area contributed by atoms with Crippen molar-refractivity contribution in [1.82, 2.24) is 5.32 Å². The third-order valence-corrected chi connectivity index (χ3v) is 4.00. The quantitative estimate of drug-likeness (QED) is 0.594. The molecule has 1 aliphatic rings. The zero-order chi connectivity index (χ0) is 12.1. The zero-order valence-electron chi connectivity index (χ0n) is 10.6. The second-order valence-electron chi connectivity index (χ2n) is 4.58. The van der Waals surface area contributed by atoms with Gasteiger partial charge in [0.2, 0.25) is 0 Å². The van der Waals surface area contributed by atoms with Gasteiger partial charge in [0.1, 0.15) is 12.4 Å². The second kappa shape index (κ2) is 6.31. The van der Waals surface area contributed by atoms with E-state index in [0.29, 0.717) is 6.04 Å². The average Bonchev–Trinajstić information content (AvgIpc) is 3.19. The molecule has 0 aliphatic heterocycles. The van der Waals surface area contributed by atoms with Gasteiger partial charge in [0.25, 0.3) is 0 Å². The summed E-state index contributed by atoms with van der Waals surface area (Å²) < 4.78 is 5.80. The van der Waals surface area contributed by atoms with Gasteiger partial charge in [-0.25, -0.2) is 0 Å². The Morgan fingerprint density at radius 2 is 2.18 bits per heavy atom. The molecule has 0 heterocycles. The number of hydrogen-bond acceptors (Lipinski definition) is 3. The zero-order valence-corrected chi connectivity index (χ0v) is 11.4. The number of benzene rings is 1. The fourth-order valence-electron chi connectivity index (χ4n) is 1.95. The first-order valence-electron chi connectivity index (χ1n) is 6.30. The molecule has 1 fully saturated rings. The summed E-state index contributed by atoms with van der Waals surface area (Å²) in [5, 5.41) is 3.52. The fraction of sp³-hybridized carbons (Fsp3) is 0.571. The van der Waals surface area contributed by atoms with E-state index in [4.69, 9.17) is 4.74 Å². The Kier molecular flexibility index (Phi) is 4.75. The number of rotatable bonds is 7. The molecule has 0 aromatic heterocycles.